The van der Waals surface area contributed by atoms with E-state index in [1.165, 1.54) is 24.8 Å². The Labute approximate surface area is 149 Å². The largest absolute Gasteiger partial charge is 0.497 e. The van der Waals surface area contributed by atoms with Crippen molar-refractivity contribution in [3.8, 4) is 5.75 Å². The third kappa shape index (κ3) is 4.73. The molecule has 2 rings (SSSR count). The Morgan fingerprint density at radius 2 is 1.50 bits per heavy atom. The molecule has 1 fully saturated rings. The molecule has 0 radical (unpaired) electrons. The standard InChI is InChI=1S/C19H31NO2.C2H6/c1-15(20(2)3)18(16-9-11-17(21-4)12-10-16)19(22-5)13-7-6-8-14-19;1-2/h9-12,15,18H,6-8,13-14H2,1-5H3;1-2H3. The second-order valence-corrected chi connectivity index (χ2v) is 6.78. The normalized spacial score (nSPS) is 19.2. The summed E-state index contributed by atoms with van der Waals surface area (Å²) in [7, 11) is 7.93. The van der Waals surface area contributed by atoms with E-state index < -0.39 is 0 Å². The number of nitrogens with zero attached hydrogens (tertiary/aromatic N) is 1. The van der Waals surface area contributed by atoms with Gasteiger partial charge in [0.15, 0.2) is 0 Å². The lowest BCUT2D eigenvalue weighted by Crippen LogP contribution is -2.48. The number of hydrogen-bond acceptors (Lipinski definition) is 3. The zero-order chi connectivity index (χ0) is 18.2. The van der Waals surface area contributed by atoms with E-state index in [1.807, 2.05) is 21.0 Å². The number of methoxy groups -OCH3 is 2. The van der Waals surface area contributed by atoms with Crippen molar-refractivity contribution < 1.29 is 9.47 Å². The molecule has 1 saturated carbocycles. The van der Waals surface area contributed by atoms with Crippen LogP contribution in [0.1, 0.15) is 64.4 Å². The van der Waals surface area contributed by atoms with Gasteiger partial charge in [0.05, 0.1) is 12.7 Å². The van der Waals surface area contributed by atoms with Crippen molar-refractivity contribution in [3.05, 3.63) is 29.8 Å². The first kappa shape index (κ1) is 21.0. The summed E-state index contributed by atoms with van der Waals surface area (Å²) in [5, 5.41) is 0. The highest BCUT2D eigenvalue weighted by molar-refractivity contribution is 5.32. The zero-order valence-corrected chi connectivity index (χ0v) is 16.8. The fraction of sp³-hybridized carbons (Fsp3) is 0.714. The molecular formula is C21H37NO2. The van der Waals surface area contributed by atoms with Crippen molar-refractivity contribution in [1.82, 2.24) is 4.90 Å². The molecule has 2 atom stereocenters. The monoisotopic (exact) mass is 335 g/mol. The van der Waals surface area contributed by atoms with Gasteiger partial charge in [-0.15, -0.1) is 0 Å². The molecule has 1 aliphatic carbocycles. The van der Waals surface area contributed by atoms with E-state index >= 15 is 0 Å². The van der Waals surface area contributed by atoms with Crippen LogP contribution in [0.15, 0.2) is 24.3 Å². The molecule has 0 spiro atoms. The lowest BCUT2D eigenvalue weighted by Gasteiger charge is -2.47. The third-order valence-electron chi connectivity index (χ3n) is 5.45. The van der Waals surface area contributed by atoms with Crippen molar-refractivity contribution in [2.24, 2.45) is 0 Å². The van der Waals surface area contributed by atoms with E-state index in [-0.39, 0.29) is 5.60 Å². The van der Waals surface area contributed by atoms with Crippen molar-refractivity contribution >= 4 is 0 Å². The maximum atomic E-state index is 6.17. The van der Waals surface area contributed by atoms with Gasteiger partial charge in [-0.2, -0.15) is 0 Å². The quantitative estimate of drug-likeness (QED) is 0.721. The summed E-state index contributed by atoms with van der Waals surface area (Å²) in [6.07, 6.45) is 6.16. The van der Waals surface area contributed by atoms with Gasteiger partial charge in [-0.3, -0.25) is 0 Å². The minimum atomic E-state index is -0.0451. The minimum Gasteiger partial charge on any atom is -0.497 e. The summed E-state index contributed by atoms with van der Waals surface area (Å²) in [6.45, 7) is 6.31. The van der Waals surface area contributed by atoms with Crippen molar-refractivity contribution in [2.45, 2.75) is 70.4 Å². The Kier molecular flexibility index (Phi) is 8.79. The minimum absolute atomic E-state index is 0.0451. The van der Waals surface area contributed by atoms with E-state index in [2.05, 4.69) is 50.2 Å². The Bertz CT molecular complexity index is 449. The van der Waals surface area contributed by atoms with Crippen LogP contribution in [0.4, 0.5) is 0 Å². The van der Waals surface area contributed by atoms with Gasteiger partial charge in [-0.05, 0) is 51.6 Å². The number of likely N-dealkylation sites (N-methyl/N-ethyl adjacent to an activating group) is 1. The highest BCUT2D eigenvalue weighted by Crippen LogP contribution is 2.45. The van der Waals surface area contributed by atoms with Gasteiger partial charge in [-0.25, -0.2) is 0 Å². The Morgan fingerprint density at radius 1 is 0.958 bits per heavy atom. The second-order valence-electron chi connectivity index (χ2n) is 6.78. The fourth-order valence-electron chi connectivity index (χ4n) is 3.92. The molecule has 0 aromatic heterocycles. The summed E-state index contributed by atoms with van der Waals surface area (Å²) < 4.78 is 11.5. The summed E-state index contributed by atoms with van der Waals surface area (Å²) in [4.78, 5) is 2.31. The molecule has 1 aromatic carbocycles. The molecule has 0 amide bonds. The predicted octanol–water partition coefficient (Wildman–Crippen LogP) is 5.10. The van der Waals surface area contributed by atoms with Crippen LogP contribution >= 0.6 is 0 Å². The van der Waals surface area contributed by atoms with E-state index in [1.54, 1.807) is 7.11 Å². The molecule has 1 aliphatic rings. The second kappa shape index (κ2) is 10.0. The van der Waals surface area contributed by atoms with Crippen molar-refractivity contribution in [3.63, 3.8) is 0 Å². The molecule has 0 aliphatic heterocycles. The highest BCUT2D eigenvalue weighted by atomic mass is 16.5. The summed E-state index contributed by atoms with van der Waals surface area (Å²) in [5.74, 6) is 1.29. The molecule has 0 heterocycles. The number of benzene rings is 1. The molecule has 3 nitrogen and oxygen atoms in total. The van der Waals surface area contributed by atoms with Gasteiger partial charge < -0.3 is 14.4 Å². The van der Waals surface area contributed by atoms with Crippen LogP contribution in [0, 0.1) is 0 Å². The molecule has 3 heteroatoms. The van der Waals surface area contributed by atoms with Gasteiger partial charge in [0.2, 0.25) is 0 Å². The molecule has 138 valence electrons. The summed E-state index contributed by atoms with van der Waals surface area (Å²) in [6, 6.07) is 8.97. The van der Waals surface area contributed by atoms with Gasteiger partial charge in [0.1, 0.15) is 5.75 Å². The first-order valence-electron chi connectivity index (χ1n) is 9.39. The molecule has 24 heavy (non-hydrogen) atoms. The first-order chi connectivity index (χ1) is 11.5. The summed E-state index contributed by atoms with van der Waals surface area (Å²) in [5.41, 5.74) is 1.31. The maximum Gasteiger partial charge on any atom is 0.118 e. The highest BCUT2D eigenvalue weighted by Gasteiger charge is 2.44. The SMILES string of the molecule is CC.COc1ccc(C(C(C)N(C)C)C2(OC)CCCCC2)cc1. The summed E-state index contributed by atoms with van der Waals surface area (Å²) >= 11 is 0. The van der Waals surface area contributed by atoms with Crippen LogP contribution < -0.4 is 4.74 Å². The van der Waals surface area contributed by atoms with Crippen LogP contribution in [0.3, 0.4) is 0 Å². The molecular weight excluding hydrogens is 298 g/mol. The van der Waals surface area contributed by atoms with Gasteiger partial charge in [0.25, 0.3) is 0 Å². The predicted molar refractivity (Wildman–Crippen MR) is 103 cm³/mol. The Hall–Kier alpha value is -1.06. The van der Waals surface area contributed by atoms with Crippen LogP contribution in [0.5, 0.6) is 5.75 Å². The van der Waals surface area contributed by atoms with E-state index in [0.717, 1.165) is 18.6 Å². The Morgan fingerprint density at radius 3 is 1.92 bits per heavy atom. The molecule has 2 unspecified atom stereocenters. The van der Waals surface area contributed by atoms with Crippen LogP contribution in [0.2, 0.25) is 0 Å². The van der Waals surface area contributed by atoms with Crippen molar-refractivity contribution in [2.75, 3.05) is 28.3 Å². The molecule has 1 aromatic rings. The third-order valence-corrected chi connectivity index (χ3v) is 5.45. The number of ether oxygens (including phenoxy) is 2. The molecule has 0 N–H and O–H groups in total. The van der Waals surface area contributed by atoms with Gasteiger partial charge in [0, 0.05) is 19.1 Å². The van der Waals surface area contributed by atoms with E-state index in [4.69, 9.17) is 9.47 Å². The van der Waals surface area contributed by atoms with E-state index in [0.29, 0.717) is 12.0 Å². The lowest BCUT2D eigenvalue weighted by molar-refractivity contribution is -0.0754. The average Bonchev–Trinajstić information content (AvgIpc) is 2.64. The van der Waals surface area contributed by atoms with Crippen LogP contribution in [-0.2, 0) is 4.74 Å². The zero-order valence-electron chi connectivity index (χ0n) is 16.8. The maximum absolute atomic E-state index is 6.17. The number of rotatable bonds is 6. The fourth-order valence-corrected chi connectivity index (χ4v) is 3.92. The van der Waals surface area contributed by atoms with Crippen molar-refractivity contribution in [1.29, 1.82) is 0 Å². The van der Waals surface area contributed by atoms with Gasteiger partial charge in [-0.1, -0.05) is 45.2 Å². The molecule has 0 bridgehead atoms. The first-order valence-corrected chi connectivity index (χ1v) is 9.39. The van der Waals surface area contributed by atoms with E-state index in [9.17, 15) is 0 Å². The van der Waals surface area contributed by atoms with Crippen LogP contribution in [0.25, 0.3) is 0 Å². The number of hydrogen-bond donors (Lipinski definition) is 0. The Balaban J connectivity index is 0.00000139. The lowest BCUT2D eigenvalue weighted by atomic mass is 9.69. The average molecular weight is 336 g/mol. The molecule has 0 saturated heterocycles. The van der Waals surface area contributed by atoms with Gasteiger partial charge >= 0.3 is 0 Å². The smallest absolute Gasteiger partial charge is 0.118 e. The van der Waals surface area contributed by atoms with Crippen LogP contribution in [-0.4, -0.2) is 44.9 Å². The topological polar surface area (TPSA) is 21.7 Å².